The molecule has 1 fully saturated rings. The number of carbonyl (C=O) groups excluding carboxylic acids is 1. The van der Waals surface area contributed by atoms with E-state index in [4.69, 9.17) is 4.74 Å². The van der Waals surface area contributed by atoms with Gasteiger partial charge in [-0.15, -0.1) is 0 Å². The second-order valence-electron chi connectivity index (χ2n) is 4.90. The van der Waals surface area contributed by atoms with E-state index in [2.05, 4.69) is 12.2 Å². The molecule has 0 aromatic rings. The molecule has 0 spiro atoms. The first kappa shape index (κ1) is 15.4. The lowest BCUT2D eigenvalue weighted by Gasteiger charge is -2.18. The van der Waals surface area contributed by atoms with Gasteiger partial charge in [0.1, 0.15) is 6.04 Å². The molecule has 2 atom stereocenters. The molecule has 2 unspecified atom stereocenters. The van der Waals surface area contributed by atoms with Gasteiger partial charge in [0, 0.05) is 0 Å². The Balaban J connectivity index is 2.39. The van der Waals surface area contributed by atoms with Crippen LogP contribution in [0.2, 0.25) is 0 Å². The van der Waals surface area contributed by atoms with E-state index in [0.29, 0.717) is 13.0 Å². The van der Waals surface area contributed by atoms with Crippen LogP contribution in [0.15, 0.2) is 0 Å². The van der Waals surface area contributed by atoms with E-state index in [1.54, 1.807) is 0 Å². The van der Waals surface area contributed by atoms with Crippen molar-refractivity contribution in [2.75, 3.05) is 25.2 Å². The normalized spacial score (nSPS) is 23.8. The Hall–Kier alpha value is -0.620. The van der Waals surface area contributed by atoms with Crippen LogP contribution in [0.4, 0.5) is 0 Å². The van der Waals surface area contributed by atoms with Gasteiger partial charge in [-0.25, -0.2) is 8.42 Å². The maximum absolute atomic E-state index is 11.5. The summed E-state index contributed by atoms with van der Waals surface area (Å²) in [6.07, 6.45) is 3.41. The number of esters is 1. The molecule has 0 aliphatic carbocycles. The van der Waals surface area contributed by atoms with Gasteiger partial charge < -0.3 is 10.1 Å². The highest BCUT2D eigenvalue weighted by Gasteiger charge is 2.29. The van der Waals surface area contributed by atoms with Crippen molar-refractivity contribution in [1.82, 2.24) is 5.32 Å². The van der Waals surface area contributed by atoms with Crippen molar-refractivity contribution in [2.24, 2.45) is 5.92 Å². The fourth-order valence-corrected chi connectivity index (χ4v) is 4.06. The Morgan fingerprint density at radius 1 is 1.50 bits per heavy atom. The summed E-state index contributed by atoms with van der Waals surface area (Å²) in [7, 11) is -1.46. The fourth-order valence-electron chi connectivity index (χ4n) is 2.20. The van der Waals surface area contributed by atoms with E-state index >= 15 is 0 Å². The van der Waals surface area contributed by atoms with Crippen LogP contribution >= 0.6 is 0 Å². The molecule has 1 saturated heterocycles. The van der Waals surface area contributed by atoms with Crippen LogP contribution < -0.4 is 5.32 Å². The minimum Gasteiger partial charge on any atom is -0.468 e. The predicted octanol–water partition coefficient (Wildman–Crippen LogP) is 0.743. The Morgan fingerprint density at radius 2 is 2.22 bits per heavy atom. The zero-order valence-electron chi connectivity index (χ0n) is 11.1. The van der Waals surface area contributed by atoms with Crippen LogP contribution in [0.5, 0.6) is 0 Å². The molecular formula is C12H23NO4S. The van der Waals surface area contributed by atoms with Gasteiger partial charge >= 0.3 is 5.97 Å². The standard InChI is InChI=1S/C12H23NO4S/c1-3-4-5-11(12(14)17-2)13-8-10-6-7-18(15,16)9-10/h10-11,13H,3-9H2,1-2H3. The molecule has 1 aliphatic rings. The molecule has 18 heavy (non-hydrogen) atoms. The van der Waals surface area contributed by atoms with Gasteiger partial charge in [0.15, 0.2) is 9.84 Å². The topological polar surface area (TPSA) is 72.5 Å². The summed E-state index contributed by atoms with van der Waals surface area (Å²) in [5.74, 6) is 0.381. The number of hydrogen-bond acceptors (Lipinski definition) is 5. The number of hydrogen-bond donors (Lipinski definition) is 1. The van der Waals surface area contributed by atoms with Crippen molar-refractivity contribution >= 4 is 15.8 Å². The first-order valence-corrected chi connectivity index (χ1v) is 8.32. The van der Waals surface area contributed by atoms with Gasteiger partial charge in [-0.3, -0.25) is 4.79 Å². The van der Waals surface area contributed by atoms with Crippen molar-refractivity contribution < 1.29 is 17.9 Å². The van der Waals surface area contributed by atoms with E-state index < -0.39 is 9.84 Å². The summed E-state index contributed by atoms with van der Waals surface area (Å²) in [6, 6.07) is -0.307. The molecule has 5 nitrogen and oxygen atoms in total. The summed E-state index contributed by atoms with van der Waals surface area (Å²) in [5, 5.41) is 3.15. The molecule has 106 valence electrons. The van der Waals surface area contributed by atoms with Gasteiger partial charge in [0.2, 0.25) is 0 Å². The smallest absolute Gasteiger partial charge is 0.322 e. The van der Waals surface area contributed by atoms with Gasteiger partial charge in [0.25, 0.3) is 0 Å². The van der Waals surface area contributed by atoms with Crippen LogP contribution in [0.1, 0.15) is 32.6 Å². The van der Waals surface area contributed by atoms with E-state index in [1.807, 2.05) is 0 Å². The first-order chi connectivity index (χ1) is 8.48. The van der Waals surface area contributed by atoms with Crippen LogP contribution in [-0.2, 0) is 19.4 Å². The van der Waals surface area contributed by atoms with Gasteiger partial charge in [-0.1, -0.05) is 19.8 Å². The minimum absolute atomic E-state index is 0.129. The molecule has 0 saturated carbocycles. The number of ether oxygens (including phenoxy) is 1. The maximum Gasteiger partial charge on any atom is 0.322 e. The maximum atomic E-state index is 11.5. The Morgan fingerprint density at radius 3 is 2.72 bits per heavy atom. The largest absolute Gasteiger partial charge is 0.468 e. The van der Waals surface area contributed by atoms with E-state index in [1.165, 1.54) is 7.11 Å². The minimum atomic E-state index is -2.84. The Bertz CT molecular complexity index is 366. The molecule has 1 heterocycles. The van der Waals surface area contributed by atoms with E-state index in [0.717, 1.165) is 19.3 Å². The van der Waals surface area contributed by atoms with Crippen molar-refractivity contribution in [3.05, 3.63) is 0 Å². The highest BCUT2D eigenvalue weighted by atomic mass is 32.2. The zero-order valence-corrected chi connectivity index (χ0v) is 12.0. The third-order valence-corrected chi connectivity index (χ3v) is 5.15. The fraction of sp³-hybridized carbons (Fsp3) is 0.917. The number of carbonyl (C=O) groups is 1. The Kier molecular flexibility index (Phi) is 6.08. The van der Waals surface area contributed by atoms with Crippen molar-refractivity contribution in [3.8, 4) is 0 Å². The summed E-state index contributed by atoms with van der Waals surface area (Å²) in [6.45, 7) is 2.64. The average Bonchev–Trinajstić information content (AvgIpc) is 2.68. The summed E-state index contributed by atoms with van der Waals surface area (Å²) < 4.78 is 27.4. The van der Waals surface area contributed by atoms with Gasteiger partial charge in [-0.2, -0.15) is 0 Å². The van der Waals surface area contributed by atoms with Crippen LogP contribution in [0.25, 0.3) is 0 Å². The van der Waals surface area contributed by atoms with Crippen molar-refractivity contribution in [3.63, 3.8) is 0 Å². The zero-order chi connectivity index (χ0) is 13.6. The van der Waals surface area contributed by atoms with Gasteiger partial charge in [-0.05, 0) is 25.3 Å². The predicted molar refractivity (Wildman–Crippen MR) is 70.1 cm³/mol. The lowest BCUT2D eigenvalue weighted by atomic mass is 10.1. The molecule has 0 radical (unpaired) electrons. The molecule has 6 heteroatoms. The molecule has 0 amide bonds. The highest BCUT2D eigenvalue weighted by molar-refractivity contribution is 7.91. The quantitative estimate of drug-likeness (QED) is 0.695. The molecular weight excluding hydrogens is 254 g/mol. The lowest BCUT2D eigenvalue weighted by molar-refractivity contribution is -0.143. The summed E-state index contributed by atoms with van der Waals surface area (Å²) in [5.41, 5.74) is 0. The average molecular weight is 277 g/mol. The number of methoxy groups -OCH3 is 1. The van der Waals surface area contributed by atoms with Crippen molar-refractivity contribution in [1.29, 1.82) is 0 Å². The number of nitrogens with one attached hydrogen (secondary N) is 1. The molecule has 1 aliphatic heterocycles. The van der Waals surface area contributed by atoms with E-state index in [9.17, 15) is 13.2 Å². The summed E-state index contributed by atoms with van der Waals surface area (Å²) in [4.78, 5) is 11.5. The molecule has 1 rings (SSSR count). The molecule has 0 bridgehead atoms. The molecule has 0 aromatic heterocycles. The molecule has 0 aromatic carbocycles. The number of sulfone groups is 1. The third-order valence-electron chi connectivity index (χ3n) is 3.31. The van der Waals surface area contributed by atoms with Crippen LogP contribution in [0, 0.1) is 5.92 Å². The lowest BCUT2D eigenvalue weighted by Crippen LogP contribution is -2.40. The first-order valence-electron chi connectivity index (χ1n) is 6.50. The molecule has 1 N–H and O–H groups in total. The SMILES string of the molecule is CCCCC(NCC1CCS(=O)(=O)C1)C(=O)OC. The summed E-state index contributed by atoms with van der Waals surface area (Å²) >= 11 is 0. The number of unbranched alkanes of at least 4 members (excludes halogenated alkanes) is 1. The second-order valence-corrected chi connectivity index (χ2v) is 7.12. The number of rotatable bonds is 7. The highest BCUT2D eigenvalue weighted by Crippen LogP contribution is 2.17. The van der Waals surface area contributed by atoms with Gasteiger partial charge in [0.05, 0.1) is 18.6 Å². The van der Waals surface area contributed by atoms with Crippen LogP contribution in [0.3, 0.4) is 0 Å². The van der Waals surface area contributed by atoms with E-state index in [-0.39, 0.29) is 29.4 Å². The monoisotopic (exact) mass is 277 g/mol. The van der Waals surface area contributed by atoms with Crippen molar-refractivity contribution in [2.45, 2.75) is 38.6 Å². The second kappa shape index (κ2) is 7.09. The Labute approximate surface area is 109 Å². The van der Waals surface area contributed by atoms with Crippen LogP contribution in [-0.4, -0.2) is 45.6 Å². The third kappa shape index (κ3) is 4.94.